The summed E-state index contributed by atoms with van der Waals surface area (Å²) in [4.78, 5) is 14.7. The molecule has 1 saturated carbocycles. The second-order valence-electron chi connectivity index (χ2n) is 8.08. The van der Waals surface area contributed by atoms with E-state index in [0.717, 1.165) is 43.8 Å². The lowest BCUT2D eigenvalue weighted by Crippen LogP contribution is -2.50. The highest BCUT2D eigenvalue weighted by Crippen LogP contribution is 2.40. The summed E-state index contributed by atoms with van der Waals surface area (Å²) < 4.78 is 38.2. The number of carbonyl (C=O) groups excluding carboxylic acids is 1. The Hall–Kier alpha value is -1.76. The van der Waals surface area contributed by atoms with Crippen molar-refractivity contribution in [1.29, 1.82) is 0 Å². The standard InChI is InChI=1S/C20H28F3N3O/c1-12(2)18(24-3)19(27)25-17-9-4-13-10-26(11-16(13)17)15-7-5-14(6-8-15)20(21,22)23/h5-8,12-13,16-18,24H,4,9-11H2,1-3H3,(H,25,27)/t13-,16+,17+,18+/m1/s1. The molecule has 3 rings (SSSR count). The van der Waals surface area contributed by atoms with Gasteiger partial charge in [0, 0.05) is 30.7 Å². The number of alkyl halides is 3. The maximum Gasteiger partial charge on any atom is 0.416 e. The van der Waals surface area contributed by atoms with Crippen molar-refractivity contribution in [3.63, 3.8) is 0 Å². The molecule has 1 amide bonds. The summed E-state index contributed by atoms with van der Waals surface area (Å²) in [6, 6.07) is 5.31. The zero-order chi connectivity index (χ0) is 19.8. The van der Waals surface area contributed by atoms with Crippen LogP contribution in [0.1, 0.15) is 32.3 Å². The molecule has 2 aliphatic rings. The van der Waals surface area contributed by atoms with Crippen molar-refractivity contribution >= 4 is 11.6 Å². The summed E-state index contributed by atoms with van der Waals surface area (Å²) >= 11 is 0. The average molecular weight is 383 g/mol. The van der Waals surface area contributed by atoms with Gasteiger partial charge >= 0.3 is 6.18 Å². The van der Waals surface area contributed by atoms with E-state index in [1.807, 2.05) is 13.8 Å². The van der Waals surface area contributed by atoms with Gasteiger partial charge in [-0.25, -0.2) is 0 Å². The number of carbonyl (C=O) groups is 1. The minimum absolute atomic E-state index is 0.0335. The van der Waals surface area contributed by atoms with E-state index in [1.165, 1.54) is 0 Å². The molecule has 0 aromatic heterocycles. The van der Waals surface area contributed by atoms with Crippen LogP contribution in [-0.4, -0.2) is 38.1 Å². The fourth-order valence-corrected chi connectivity index (χ4v) is 4.56. The highest BCUT2D eigenvalue weighted by molar-refractivity contribution is 5.82. The minimum Gasteiger partial charge on any atom is -0.371 e. The molecule has 4 nitrogen and oxygen atoms in total. The predicted molar refractivity (Wildman–Crippen MR) is 99.5 cm³/mol. The largest absolute Gasteiger partial charge is 0.416 e. The SMILES string of the molecule is CN[C@H](C(=O)N[C@H]1CC[C@@H]2CN(c3ccc(C(F)(F)F)cc3)C[C@@H]21)C(C)C. The van der Waals surface area contributed by atoms with Crippen LogP contribution in [0.4, 0.5) is 18.9 Å². The van der Waals surface area contributed by atoms with Crippen LogP contribution in [0.3, 0.4) is 0 Å². The number of anilines is 1. The van der Waals surface area contributed by atoms with Gasteiger partial charge in [-0.3, -0.25) is 4.79 Å². The molecule has 0 bridgehead atoms. The number of nitrogens with one attached hydrogen (secondary N) is 2. The van der Waals surface area contributed by atoms with E-state index in [2.05, 4.69) is 15.5 Å². The third kappa shape index (κ3) is 4.23. The van der Waals surface area contributed by atoms with Crippen LogP contribution in [0, 0.1) is 17.8 Å². The molecular weight excluding hydrogens is 355 g/mol. The van der Waals surface area contributed by atoms with Crippen LogP contribution < -0.4 is 15.5 Å². The second-order valence-corrected chi connectivity index (χ2v) is 8.08. The fourth-order valence-electron chi connectivity index (χ4n) is 4.56. The first-order valence-corrected chi connectivity index (χ1v) is 9.60. The number of hydrogen-bond donors (Lipinski definition) is 2. The second kappa shape index (κ2) is 7.70. The molecule has 1 saturated heterocycles. The molecule has 27 heavy (non-hydrogen) atoms. The van der Waals surface area contributed by atoms with E-state index in [0.29, 0.717) is 11.8 Å². The topological polar surface area (TPSA) is 44.4 Å². The Balaban J connectivity index is 1.63. The van der Waals surface area contributed by atoms with E-state index < -0.39 is 11.7 Å². The van der Waals surface area contributed by atoms with Crippen LogP contribution in [0.2, 0.25) is 0 Å². The Kier molecular flexibility index (Phi) is 5.70. The summed E-state index contributed by atoms with van der Waals surface area (Å²) in [5.74, 6) is 1.07. The molecule has 4 atom stereocenters. The molecule has 150 valence electrons. The molecule has 1 aromatic rings. The van der Waals surface area contributed by atoms with Gasteiger partial charge < -0.3 is 15.5 Å². The number of benzene rings is 1. The molecule has 1 aliphatic heterocycles. The van der Waals surface area contributed by atoms with Gasteiger partial charge in [-0.15, -0.1) is 0 Å². The monoisotopic (exact) mass is 383 g/mol. The normalized spacial score (nSPS) is 26.3. The molecule has 0 radical (unpaired) electrons. The molecule has 0 unspecified atom stereocenters. The van der Waals surface area contributed by atoms with E-state index in [-0.39, 0.29) is 23.9 Å². The summed E-state index contributed by atoms with van der Waals surface area (Å²) in [5.41, 5.74) is 0.195. The van der Waals surface area contributed by atoms with Crippen molar-refractivity contribution in [2.45, 2.75) is 44.9 Å². The quantitative estimate of drug-likeness (QED) is 0.820. The molecule has 1 aromatic carbocycles. The zero-order valence-corrected chi connectivity index (χ0v) is 16.0. The maximum absolute atomic E-state index is 12.7. The number of rotatable bonds is 5. The van der Waals surface area contributed by atoms with Crippen LogP contribution in [0.5, 0.6) is 0 Å². The summed E-state index contributed by atoms with van der Waals surface area (Å²) in [6.07, 6.45) is -2.30. The number of amides is 1. The lowest BCUT2D eigenvalue weighted by atomic mass is 9.97. The molecule has 1 aliphatic carbocycles. The van der Waals surface area contributed by atoms with Crippen molar-refractivity contribution < 1.29 is 18.0 Å². The Bertz CT molecular complexity index is 659. The predicted octanol–water partition coefficient (Wildman–Crippen LogP) is 3.28. The van der Waals surface area contributed by atoms with Crippen LogP contribution in [0.25, 0.3) is 0 Å². The smallest absolute Gasteiger partial charge is 0.371 e. The van der Waals surface area contributed by atoms with Gasteiger partial charge in [0.25, 0.3) is 0 Å². The van der Waals surface area contributed by atoms with Crippen molar-refractivity contribution in [2.24, 2.45) is 17.8 Å². The molecule has 2 N–H and O–H groups in total. The Morgan fingerprint density at radius 3 is 2.37 bits per heavy atom. The van der Waals surface area contributed by atoms with Gasteiger partial charge in [0.1, 0.15) is 0 Å². The first-order valence-electron chi connectivity index (χ1n) is 9.60. The minimum atomic E-state index is -4.31. The maximum atomic E-state index is 12.7. The van der Waals surface area contributed by atoms with Gasteiger partial charge in [-0.1, -0.05) is 13.8 Å². The van der Waals surface area contributed by atoms with Crippen molar-refractivity contribution in [2.75, 3.05) is 25.0 Å². The molecule has 2 fully saturated rings. The molecule has 0 spiro atoms. The van der Waals surface area contributed by atoms with Gasteiger partial charge in [0.05, 0.1) is 11.6 Å². The van der Waals surface area contributed by atoms with E-state index >= 15 is 0 Å². The lowest BCUT2D eigenvalue weighted by molar-refractivity contribution is -0.137. The van der Waals surface area contributed by atoms with Crippen LogP contribution in [0.15, 0.2) is 24.3 Å². The highest BCUT2D eigenvalue weighted by Gasteiger charge is 2.44. The van der Waals surface area contributed by atoms with E-state index in [1.54, 1.807) is 19.2 Å². The first-order chi connectivity index (χ1) is 12.7. The number of hydrogen-bond acceptors (Lipinski definition) is 3. The third-order valence-corrected chi connectivity index (χ3v) is 6.00. The van der Waals surface area contributed by atoms with Crippen molar-refractivity contribution in [1.82, 2.24) is 10.6 Å². The molecule has 1 heterocycles. The van der Waals surface area contributed by atoms with Crippen LogP contribution in [-0.2, 0) is 11.0 Å². The van der Waals surface area contributed by atoms with Crippen LogP contribution >= 0.6 is 0 Å². The third-order valence-electron chi connectivity index (χ3n) is 6.00. The number of nitrogens with zero attached hydrogens (tertiary/aromatic N) is 1. The summed E-state index contributed by atoms with van der Waals surface area (Å²) in [6.45, 7) is 5.63. The van der Waals surface area contributed by atoms with E-state index in [9.17, 15) is 18.0 Å². The number of fused-ring (bicyclic) bond motifs is 1. The van der Waals surface area contributed by atoms with Crippen molar-refractivity contribution in [3.8, 4) is 0 Å². The van der Waals surface area contributed by atoms with E-state index in [4.69, 9.17) is 0 Å². The fraction of sp³-hybridized carbons (Fsp3) is 0.650. The Morgan fingerprint density at radius 1 is 1.15 bits per heavy atom. The van der Waals surface area contributed by atoms with Gasteiger partial charge in [-0.05, 0) is 56.0 Å². The lowest BCUT2D eigenvalue weighted by Gasteiger charge is -2.26. The first kappa shape index (κ1) is 20.0. The number of halogens is 3. The Labute approximate surface area is 158 Å². The Morgan fingerprint density at radius 2 is 1.81 bits per heavy atom. The van der Waals surface area contributed by atoms with Gasteiger partial charge in [0.15, 0.2) is 0 Å². The van der Waals surface area contributed by atoms with Gasteiger partial charge in [0.2, 0.25) is 5.91 Å². The number of likely N-dealkylation sites (N-methyl/N-ethyl adjacent to an activating group) is 1. The van der Waals surface area contributed by atoms with Gasteiger partial charge in [-0.2, -0.15) is 13.2 Å². The molecular formula is C20H28F3N3O. The zero-order valence-electron chi connectivity index (χ0n) is 16.0. The highest BCUT2D eigenvalue weighted by atomic mass is 19.4. The summed E-state index contributed by atoms with van der Waals surface area (Å²) in [7, 11) is 1.80. The summed E-state index contributed by atoms with van der Waals surface area (Å²) in [5, 5.41) is 6.28. The molecule has 7 heteroatoms. The average Bonchev–Trinajstić information content (AvgIpc) is 3.16. The van der Waals surface area contributed by atoms with Crippen molar-refractivity contribution in [3.05, 3.63) is 29.8 Å².